The van der Waals surface area contributed by atoms with Gasteiger partial charge in [0, 0.05) is 36.8 Å². The fraction of sp³-hybridized carbons (Fsp3) is 0.560. The lowest BCUT2D eigenvalue weighted by Gasteiger charge is -2.30. The maximum absolute atomic E-state index is 12.9. The Morgan fingerprint density at radius 2 is 2.13 bits per heavy atom. The van der Waals surface area contributed by atoms with E-state index in [9.17, 15) is 14.7 Å². The number of hydrogen-bond donors (Lipinski definition) is 1. The van der Waals surface area contributed by atoms with Crippen LogP contribution >= 0.6 is 0 Å². The van der Waals surface area contributed by atoms with Gasteiger partial charge in [-0.3, -0.25) is 9.59 Å². The summed E-state index contributed by atoms with van der Waals surface area (Å²) in [6.45, 7) is 5.73. The summed E-state index contributed by atoms with van der Waals surface area (Å²) in [6.07, 6.45) is 12.2. The number of pyridine rings is 1. The molecule has 2 aromatic heterocycles. The van der Waals surface area contributed by atoms with Crippen molar-refractivity contribution in [3.05, 3.63) is 41.7 Å². The number of carboxylic acids is 1. The quantitative estimate of drug-likeness (QED) is 0.663. The number of amides is 1. The molecule has 0 fully saturated rings. The average molecular weight is 424 g/mol. The van der Waals surface area contributed by atoms with Crippen LogP contribution in [0.5, 0.6) is 0 Å². The lowest BCUT2D eigenvalue weighted by molar-refractivity contribution is -0.147. The first-order valence-electron chi connectivity index (χ1n) is 11.5. The Hall–Kier alpha value is -2.63. The van der Waals surface area contributed by atoms with Gasteiger partial charge < -0.3 is 14.6 Å². The lowest BCUT2D eigenvalue weighted by Crippen LogP contribution is -2.37. The Labute approximate surface area is 183 Å². The topological polar surface area (TPSA) is 75.4 Å². The molecule has 0 spiro atoms. The molecule has 2 aliphatic rings. The van der Waals surface area contributed by atoms with Crippen molar-refractivity contribution >= 4 is 22.9 Å². The Morgan fingerprint density at radius 1 is 1.29 bits per heavy atom. The van der Waals surface area contributed by atoms with Gasteiger partial charge in [-0.05, 0) is 76.0 Å². The molecule has 0 aromatic carbocycles. The summed E-state index contributed by atoms with van der Waals surface area (Å²) in [7, 11) is 0. The zero-order valence-electron chi connectivity index (χ0n) is 18.6. The SMILES string of the molecule is CC(C)(CCCC(=O)N1CCc2c(n(CC3CC=CCC3)c3ncccc23)C1)C(=O)O. The fourth-order valence-corrected chi connectivity index (χ4v) is 4.90. The minimum Gasteiger partial charge on any atom is -0.481 e. The molecule has 1 aliphatic carbocycles. The number of carbonyl (C=O) groups is 2. The van der Waals surface area contributed by atoms with E-state index in [1.165, 1.54) is 23.1 Å². The van der Waals surface area contributed by atoms with Crippen molar-refractivity contribution < 1.29 is 14.7 Å². The van der Waals surface area contributed by atoms with Crippen molar-refractivity contribution in [2.24, 2.45) is 11.3 Å². The second-order valence-electron chi connectivity index (χ2n) is 9.67. The summed E-state index contributed by atoms with van der Waals surface area (Å²) in [5.41, 5.74) is 2.82. The summed E-state index contributed by atoms with van der Waals surface area (Å²) < 4.78 is 2.36. The van der Waals surface area contributed by atoms with Gasteiger partial charge in [0.1, 0.15) is 5.65 Å². The van der Waals surface area contributed by atoms with E-state index < -0.39 is 11.4 Å². The number of carboxylic acid groups (broad SMARTS) is 1. The third kappa shape index (κ3) is 4.53. The fourth-order valence-electron chi connectivity index (χ4n) is 4.90. The van der Waals surface area contributed by atoms with E-state index in [1.54, 1.807) is 13.8 Å². The van der Waals surface area contributed by atoms with Gasteiger partial charge in [-0.2, -0.15) is 0 Å². The van der Waals surface area contributed by atoms with Crippen LogP contribution in [0, 0.1) is 11.3 Å². The zero-order valence-corrected chi connectivity index (χ0v) is 18.6. The van der Waals surface area contributed by atoms with E-state index in [4.69, 9.17) is 4.98 Å². The molecule has 4 rings (SSSR count). The minimum atomic E-state index is -0.808. The summed E-state index contributed by atoms with van der Waals surface area (Å²) in [5, 5.41) is 10.5. The van der Waals surface area contributed by atoms with E-state index in [2.05, 4.69) is 22.8 Å². The van der Waals surface area contributed by atoms with Gasteiger partial charge in [0.2, 0.25) is 5.91 Å². The Kier molecular flexibility index (Phi) is 6.17. The molecule has 6 heteroatoms. The van der Waals surface area contributed by atoms with Crippen LogP contribution in [0.1, 0.15) is 63.6 Å². The molecule has 1 aliphatic heterocycles. The second kappa shape index (κ2) is 8.85. The highest BCUT2D eigenvalue weighted by molar-refractivity contribution is 5.84. The first-order valence-corrected chi connectivity index (χ1v) is 11.5. The summed E-state index contributed by atoms with van der Waals surface area (Å²) in [4.78, 5) is 30.9. The van der Waals surface area contributed by atoms with E-state index in [-0.39, 0.29) is 5.91 Å². The molecule has 0 saturated heterocycles. The average Bonchev–Trinajstić information content (AvgIpc) is 3.07. The van der Waals surface area contributed by atoms with Gasteiger partial charge in [0.15, 0.2) is 0 Å². The van der Waals surface area contributed by atoms with Gasteiger partial charge in [-0.25, -0.2) is 4.98 Å². The van der Waals surface area contributed by atoms with Crippen LogP contribution in [0.15, 0.2) is 30.5 Å². The third-order valence-corrected chi connectivity index (χ3v) is 6.96. The minimum absolute atomic E-state index is 0.122. The van der Waals surface area contributed by atoms with Crippen molar-refractivity contribution in [3.8, 4) is 0 Å². The first kappa shape index (κ1) is 21.6. The maximum Gasteiger partial charge on any atom is 0.309 e. The van der Waals surface area contributed by atoms with Crippen molar-refractivity contribution in [2.75, 3.05) is 6.54 Å². The van der Waals surface area contributed by atoms with Crippen LogP contribution < -0.4 is 0 Å². The highest BCUT2D eigenvalue weighted by Gasteiger charge is 2.30. The highest BCUT2D eigenvalue weighted by Crippen LogP contribution is 2.32. The predicted octanol–water partition coefficient (Wildman–Crippen LogP) is 4.56. The molecular formula is C25H33N3O3. The molecule has 1 unspecified atom stereocenters. The Bertz CT molecular complexity index is 1000. The van der Waals surface area contributed by atoms with Crippen molar-refractivity contribution in [1.82, 2.24) is 14.5 Å². The number of carbonyl (C=O) groups excluding carboxylic acids is 1. The first-order chi connectivity index (χ1) is 14.9. The lowest BCUT2D eigenvalue weighted by atomic mass is 9.87. The van der Waals surface area contributed by atoms with Gasteiger partial charge in [0.25, 0.3) is 0 Å². The van der Waals surface area contributed by atoms with Gasteiger partial charge in [-0.1, -0.05) is 12.2 Å². The third-order valence-electron chi connectivity index (χ3n) is 6.96. The number of aromatic nitrogens is 2. The molecule has 0 radical (unpaired) electrons. The van der Waals surface area contributed by atoms with E-state index in [0.29, 0.717) is 38.3 Å². The Morgan fingerprint density at radius 3 is 2.87 bits per heavy atom. The van der Waals surface area contributed by atoms with E-state index >= 15 is 0 Å². The molecule has 2 aromatic rings. The van der Waals surface area contributed by atoms with E-state index in [1.807, 2.05) is 17.2 Å². The van der Waals surface area contributed by atoms with E-state index in [0.717, 1.165) is 31.5 Å². The van der Waals surface area contributed by atoms with Gasteiger partial charge in [0.05, 0.1) is 12.0 Å². The van der Waals surface area contributed by atoms with Crippen molar-refractivity contribution in [1.29, 1.82) is 0 Å². The molecule has 6 nitrogen and oxygen atoms in total. The summed E-state index contributed by atoms with van der Waals surface area (Å²) in [6, 6.07) is 4.15. The second-order valence-corrected chi connectivity index (χ2v) is 9.67. The number of allylic oxidation sites excluding steroid dienone is 2. The summed E-state index contributed by atoms with van der Waals surface area (Å²) >= 11 is 0. The largest absolute Gasteiger partial charge is 0.481 e. The smallest absolute Gasteiger partial charge is 0.309 e. The molecule has 0 saturated carbocycles. The predicted molar refractivity (Wildman–Crippen MR) is 121 cm³/mol. The van der Waals surface area contributed by atoms with Gasteiger partial charge >= 0.3 is 5.97 Å². The number of aliphatic carboxylic acids is 1. The van der Waals surface area contributed by atoms with Crippen molar-refractivity contribution in [3.63, 3.8) is 0 Å². The maximum atomic E-state index is 12.9. The molecule has 3 heterocycles. The number of rotatable bonds is 7. The zero-order chi connectivity index (χ0) is 22.0. The monoisotopic (exact) mass is 423 g/mol. The van der Waals surface area contributed by atoms with Crippen LogP contribution in [0.3, 0.4) is 0 Å². The molecular weight excluding hydrogens is 390 g/mol. The number of fused-ring (bicyclic) bond motifs is 3. The van der Waals surface area contributed by atoms with Crippen molar-refractivity contribution in [2.45, 2.75) is 71.9 Å². The van der Waals surface area contributed by atoms with Crippen LogP contribution in [-0.4, -0.2) is 38.0 Å². The molecule has 0 bridgehead atoms. The molecule has 31 heavy (non-hydrogen) atoms. The van der Waals surface area contributed by atoms with Crippen LogP contribution in [0.4, 0.5) is 0 Å². The molecule has 1 amide bonds. The highest BCUT2D eigenvalue weighted by atomic mass is 16.4. The normalized spacial score (nSPS) is 18.9. The van der Waals surface area contributed by atoms with Crippen LogP contribution in [0.2, 0.25) is 0 Å². The number of nitrogens with zero attached hydrogens (tertiary/aromatic N) is 3. The number of hydrogen-bond acceptors (Lipinski definition) is 3. The van der Waals surface area contributed by atoms with Crippen LogP contribution in [0.25, 0.3) is 11.0 Å². The molecule has 1 atom stereocenters. The Balaban J connectivity index is 1.50. The molecule has 1 N–H and O–H groups in total. The molecule has 166 valence electrons. The van der Waals surface area contributed by atoms with Gasteiger partial charge in [-0.15, -0.1) is 0 Å². The standard InChI is InChI=1S/C25H33N3O3/c1-25(2,24(30)31)13-6-11-22(29)27-15-12-19-20-10-7-14-26-23(20)28(21(19)17-27)16-18-8-4-3-5-9-18/h3-4,7,10,14,18H,5-6,8-9,11-13,15-17H2,1-2H3,(H,30,31). The summed E-state index contributed by atoms with van der Waals surface area (Å²) in [5.74, 6) is -0.0784. The van der Waals surface area contributed by atoms with Crippen LogP contribution in [-0.2, 0) is 29.1 Å².